The highest BCUT2D eigenvalue weighted by Crippen LogP contribution is 2.34. The monoisotopic (exact) mass is 518 g/mol. The van der Waals surface area contributed by atoms with E-state index in [2.05, 4.69) is 43.5 Å². The molecule has 3 nitrogen and oxygen atoms in total. The molecule has 0 amide bonds. The van der Waals surface area contributed by atoms with Crippen LogP contribution in [-0.4, -0.2) is 16.4 Å². The Kier molecular flexibility index (Phi) is 8.17. The summed E-state index contributed by atoms with van der Waals surface area (Å²) in [7, 11) is 0. The van der Waals surface area contributed by atoms with Crippen LogP contribution >= 0.6 is 23.8 Å². The van der Waals surface area contributed by atoms with E-state index in [1.807, 2.05) is 60.7 Å². The number of anilines is 1. The number of halogens is 1. The summed E-state index contributed by atoms with van der Waals surface area (Å²) in [6, 6.07) is 23.6. The van der Waals surface area contributed by atoms with Gasteiger partial charge in [0.2, 0.25) is 0 Å². The van der Waals surface area contributed by atoms with Gasteiger partial charge in [0.15, 0.2) is 10.9 Å². The molecule has 0 atom stereocenters. The average Bonchev–Trinajstić information content (AvgIpc) is 3.31. The second kappa shape index (κ2) is 11.1. The molecule has 188 valence electrons. The molecule has 36 heavy (non-hydrogen) atoms. The summed E-state index contributed by atoms with van der Waals surface area (Å²) >= 11 is 11.8. The summed E-state index contributed by atoms with van der Waals surface area (Å²) in [5.74, 6) is 0.00761. The SMILES string of the molecule is CC(C)(C)c1ccc(C(=O)c2cccc(NC(=S)NC3(CCc4ccc(Cl)cc4)CCCC3)c2)cc1. The first kappa shape index (κ1) is 26.4. The zero-order chi connectivity index (χ0) is 25.8. The number of benzene rings is 3. The minimum absolute atomic E-state index is 0.00761. The third kappa shape index (κ3) is 6.74. The summed E-state index contributed by atoms with van der Waals surface area (Å²) in [5.41, 5.74) is 4.69. The van der Waals surface area contributed by atoms with Crippen molar-refractivity contribution in [2.45, 2.75) is 70.3 Å². The molecule has 1 aliphatic rings. The van der Waals surface area contributed by atoms with Crippen molar-refractivity contribution in [1.29, 1.82) is 0 Å². The highest BCUT2D eigenvalue weighted by Gasteiger charge is 2.34. The molecule has 0 aliphatic heterocycles. The normalized spacial score (nSPS) is 14.9. The van der Waals surface area contributed by atoms with Gasteiger partial charge in [-0.25, -0.2) is 0 Å². The molecule has 0 unspecified atom stereocenters. The summed E-state index contributed by atoms with van der Waals surface area (Å²) < 4.78 is 0. The molecule has 0 spiro atoms. The highest BCUT2D eigenvalue weighted by atomic mass is 35.5. The average molecular weight is 519 g/mol. The minimum atomic E-state index is -0.00799. The maximum atomic E-state index is 13.1. The van der Waals surface area contributed by atoms with Gasteiger partial charge in [0.05, 0.1) is 0 Å². The third-order valence-corrected chi connectivity index (χ3v) is 7.60. The number of thiocarbonyl (C=S) groups is 1. The van der Waals surface area contributed by atoms with Crippen LogP contribution in [-0.2, 0) is 11.8 Å². The van der Waals surface area contributed by atoms with E-state index in [4.69, 9.17) is 23.8 Å². The van der Waals surface area contributed by atoms with Gasteiger partial charge in [-0.05, 0) is 78.7 Å². The van der Waals surface area contributed by atoms with Crippen LogP contribution < -0.4 is 10.6 Å². The van der Waals surface area contributed by atoms with E-state index < -0.39 is 0 Å². The quantitative estimate of drug-likeness (QED) is 0.245. The zero-order valence-corrected chi connectivity index (χ0v) is 22.9. The molecule has 1 aliphatic carbocycles. The first-order valence-electron chi connectivity index (χ1n) is 12.7. The Morgan fingerprint density at radius 3 is 2.25 bits per heavy atom. The van der Waals surface area contributed by atoms with Gasteiger partial charge in [-0.2, -0.15) is 0 Å². The number of carbonyl (C=O) groups excluding carboxylic acids is 1. The summed E-state index contributed by atoms with van der Waals surface area (Å²) in [6.45, 7) is 6.51. The maximum Gasteiger partial charge on any atom is 0.193 e. The maximum absolute atomic E-state index is 13.1. The highest BCUT2D eigenvalue weighted by molar-refractivity contribution is 7.80. The second-order valence-electron chi connectivity index (χ2n) is 10.9. The number of hydrogen-bond donors (Lipinski definition) is 2. The van der Waals surface area contributed by atoms with E-state index in [1.54, 1.807) is 0 Å². The molecule has 0 heterocycles. The predicted molar refractivity (Wildman–Crippen MR) is 155 cm³/mol. The molecule has 3 aromatic carbocycles. The number of hydrogen-bond acceptors (Lipinski definition) is 2. The first-order valence-corrected chi connectivity index (χ1v) is 13.5. The molecule has 4 rings (SSSR count). The Morgan fingerprint density at radius 2 is 1.61 bits per heavy atom. The summed E-state index contributed by atoms with van der Waals surface area (Å²) in [6.07, 6.45) is 6.60. The standard InChI is InChI=1S/C31H35ClN2OS/c1-30(2,3)25-13-11-23(12-14-25)28(35)24-7-6-8-27(21-24)33-29(36)34-31(18-4-5-19-31)20-17-22-9-15-26(32)16-10-22/h6-16,21H,4-5,17-20H2,1-3H3,(H2,33,34,36). The van der Waals surface area contributed by atoms with Crippen molar-refractivity contribution in [2.24, 2.45) is 0 Å². The van der Waals surface area contributed by atoms with Crippen molar-refractivity contribution < 1.29 is 4.79 Å². The number of carbonyl (C=O) groups is 1. The topological polar surface area (TPSA) is 41.1 Å². The summed E-state index contributed by atoms with van der Waals surface area (Å²) in [5, 5.41) is 8.33. The molecular formula is C31H35ClN2OS. The van der Waals surface area contributed by atoms with Gasteiger partial charge in [-0.1, -0.05) is 93.7 Å². The van der Waals surface area contributed by atoms with Crippen molar-refractivity contribution in [3.05, 3.63) is 100 Å². The van der Waals surface area contributed by atoms with E-state index >= 15 is 0 Å². The van der Waals surface area contributed by atoms with E-state index in [-0.39, 0.29) is 16.7 Å². The van der Waals surface area contributed by atoms with Crippen LogP contribution in [0.1, 0.15) is 79.9 Å². The molecule has 3 aromatic rings. The first-order chi connectivity index (χ1) is 17.1. The van der Waals surface area contributed by atoms with Crippen molar-refractivity contribution in [3.63, 3.8) is 0 Å². The van der Waals surface area contributed by atoms with Crippen LogP contribution in [0.4, 0.5) is 5.69 Å². The zero-order valence-electron chi connectivity index (χ0n) is 21.4. The Morgan fingerprint density at radius 1 is 0.944 bits per heavy atom. The van der Waals surface area contributed by atoms with Gasteiger partial charge in [0.25, 0.3) is 0 Å². The molecular weight excluding hydrogens is 484 g/mol. The number of aryl methyl sites for hydroxylation is 1. The van der Waals surface area contributed by atoms with E-state index in [1.165, 1.54) is 24.0 Å². The predicted octanol–water partition coefficient (Wildman–Crippen LogP) is 8.10. The lowest BCUT2D eigenvalue weighted by atomic mass is 9.86. The molecule has 0 radical (unpaired) electrons. The van der Waals surface area contributed by atoms with Gasteiger partial charge >= 0.3 is 0 Å². The van der Waals surface area contributed by atoms with Crippen molar-refractivity contribution in [2.75, 3.05) is 5.32 Å². The fraction of sp³-hybridized carbons (Fsp3) is 0.355. The molecule has 2 N–H and O–H groups in total. The van der Waals surface area contributed by atoms with Crippen LogP contribution in [0.2, 0.25) is 5.02 Å². The van der Waals surface area contributed by atoms with Crippen LogP contribution in [0.5, 0.6) is 0 Å². The van der Waals surface area contributed by atoms with Crippen LogP contribution in [0.3, 0.4) is 0 Å². The third-order valence-electron chi connectivity index (χ3n) is 7.14. The van der Waals surface area contributed by atoms with Gasteiger partial charge in [0.1, 0.15) is 0 Å². The van der Waals surface area contributed by atoms with Gasteiger partial charge in [-0.3, -0.25) is 4.79 Å². The Balaban J connectivity index is 1.40. The van der Waals surface area contributed by atoms with Gasteiger partial charge < -0.3 is 10.6 Å². The summed E-state index contributed by atoms with van der Waals surface area (Å²) in [4.78, 5) is 13.1. The van der Waals surface area contributed by atoms with Crippen molar-refractivity contribution >= 4 is 40.4 Å². The number of ketones is 1. The lowest BCUT2D eigenvalue weighted by Crippen LogP contribution is -2.48. The Hall–Kier alpha value is -2.69. The molecule has 0 saturated heterocycles. The fourth-order valence-corrected chi connectivity index (χ4v) is 5.41. The smallest absolute Gasteiger partial charge is 0.193 e. The molecule has 0 bridgehead atoms. The minimum Gasteiger partial charge on any atom is -0.357 e. The Labute approximate surface area is 225 Å². The second-order valence-corrected chi connectivity index (χ2v) is 11.8. The number of nitrogens with one attached hydrogen (secondary N) is 2. The lowest BCUT2D eigenvalue weighted by molar-refractivity contribution is 0.103. The van der Waals surface area contributed by atoms with Crippen LogP contribution in [0, 0.1) is 0 Å². The van der Waals surface area contributed by atoms with E-state index in [0.717, 1.165) is 36.4 Å². The largest absolute Gasteiger partial charge is 0.357 e. The van der Waals surface area contributed by atoms with Crippen molar-refractivity contribution in [1.82, 2.24) is 5.32 Å². The molecule has 1 fully saturated rings. The van der Waals surface area contributed by atoms with Gasteiger partial charge in [0, 0.05) is 27.4 Å². The molecule has 5 heteroatoms. The number of rotatable bonds is 7. The molecule has 0 aromatic heterocycles. The van der Waals surface area contributed by atoms with Crippen LogP contribution in [0.25, 0.3) is 0 Å². The molecule has 1 saturated carbocycles. The fourth-order valence-electron chi connectivity index (χ4n) is 4.95. The van der Waals surface area contributed by atoms with Crippen LogP contribution in [0.15, 0.2) is 72.8 Å². The Bertz CT molecular complexity index is 1210. The van der Waals surface area contributed by atoms with Crippen molar-refractivity contribution in [3.8, 4) is 0 Å². The van der Waals surface area contributed by atoms with Gasteiger partial charge in [-0.15, -0.1) is 0 Å². The lowest BCUT2D eigenvalue weighted by Gasteiger charge is -2.32. The van der Waals surface area contributed by atoms with E-state index in [9.17, 15) is 4.79 Å². The van der Waals surface area contributed by atoms with E-state index in [0.29, 0.717) is 16.2 Å².